The van der Waals surface area contributed by atoms with Crippen LogP contribution in [0.1, 0.15) is 24.8 Å². The molecule has 6 heteroatoms. The Morgan fingerprint density at radius 2 is 2.00 bits per heavy atom. The van der Waals surface area contributed by atoms with E-state index in [2.05, 4.69) is 10.6 Å². The Morgan fingerprint density at radius 3 is 2.67 bits per heavy atom. The Hall–Kier alpha value is -2.37. The number of carbonyl (C=O) groups excluding carboxylic acids is 3. The minimum Gasteiger partial charge on any atom is -0.347 e. The van der Waals surface area contributed by atoms with Crippen LogP contribution in [0.15, 0.2) is 24.3 Å². The molecular formula is C15H19N3O3. The first-order valence-corrected chi connectivity index (χ1v) is 7.00. The summed E-state index contributed by atoms with van der Waals surface area (Å²) in [7, 11) is 0. The highest BCUT2D eigenvalue weighted by Gasteiger charge is 2.30. The number of nitrogens with zero attached hydrogens (tertiary/aromatic N) is 1. The number of hydrogen-bond donors (Lipinski definition) is 2. The van der Waals surface area contributed by atoms with Crippen molar-refractivity contribution >= 4 is 24.0 Å². The number of urea groups is 1. The average molecular weight is 289 g/mol. The van der Waals surface area contributed by atoms with Gasteiger partial charge >= 0.3 is 6.03 Å². The Bertz CT molecular complexity index is 527. The summed E-state index contributed by atoms with van der Waals surface area (Å²) in [6.45, 7) is 2.33. The molecule has 0 bridgehead atoms. The van der Waals surface area contributed by atoms with E-state index < -0.39 is 12.1 Å². The highest BCUT2D eigenvalue weighted by Crippen LogP contribution is 2.15. The lowest BCUT2D eigenvalue weighted by atomic mass is 10.1. The molecule has 1 aliphatic heterocycles. The van der Waals surface area contributed by atoms with Crippen molar-refractivity contribution in [2.24, 2.45) is 0 Å². The third-order valence-corrected chi connectivity index (χ3v) is 3.51. The first kappa shape index (κ1) is 15.0. The fourth-order valence-electron chi connectivity index (χ4n) is 2.31. The number of benzene rings is 1. The van der Waals surface area contributed by atoms with Crippen molar-refractivity contribution in [1.82, 2.24) is 10.2 Å². The predicted molar refractivity (Wildman–Crippen MR) is 78.7 cm³/mol. The van der Waals surface area contributed by atoms with Gasteiger partial charge < -0.3 is 10.6 Å². The quantitative estimate of drug-likeness (QED) is 0.831. The minimum absolute atomic E-state index is 0.357. The lowest BCUT2D eigenvalue weighted by molar-refractivity contribution is -0.131. The van der Waals surface area contributed by atoms with Crippen LogP contribution in [0.4, 0.5) is 10.5 Å². The van der Waals surface area contributed by atoms with Gasteiger partial charge in [-0.15, -0.1) is 0 Å². The molecule has 0 aromatic heterocycles. The number of imide groups is 1. The number of anilines is 1. The zero-order chi connectivity index (χ0) is 15.2. The maximum atomic E-state index is 12.3. The molecule has 1 atom stereocenters. The maximum absolute atomic E-state index is 12.3. The van der Waals surface area contributed by atoms with Gasteiger partial charge in [0.1, 0.15) is 6.04 Å². The third kappa shape index (κ3) is 3.81. The van der Waals surface area contributed by atoms with Crippen LogP contribution in [-0.4, -0.2) is 35.8 Å². The van der Waals surface area contributed by atoms with E-state index >= 15 is 0 Å². The first-order valence-electron chi connectivity index (χ1n) is 7.00. The fourth-order valence-corrected chi connectivity index (χ4v) is 2.31. The third-order valence-electron chi connectivity index (χ3n) is 3.51. The standard InChI is InChI=1S/C15H19N3O3/c1-11-5-7-12(8-6-11)17-15(21)18-9-3-2-4-13(14(18)20)16-10-19/h5-8,10,13H,2-4,9H2,1H3,(H,16,19)(H,17,21)/t13-/m0/s1. The van der Waals surface area contributed by atoms with Crippen LogP contribution >= 0.6 is 0 Å². The smallest absolute Gasteiger partial charge is 0.328 e. The first-order chi connectivity index (χ1) is 10.1. The number of amides is 4. The van der Waals surface area contributed by atoms with Crippen LogP contribution < -0.4 is 10.6 Å². The number of aryl methyl sites for hydroxylation is 1. The van der Waals surface area contributed by atoms with Gasteiger partial charge in [-0.25, -0.2) is 4.79 Å². The van der Waals surface area contributed by atoms with Crippen LogP contribution in [0.25, 0.3) is 0 Å². The monoisotopic (exact) mass is 289 g/mol. The van der Waals surface area contributed by atoms with Gasteiger partial charge in [-0.05, 0) is 38.3 Å². The van der Waals surface area contributed by atoms with Gasteiger partial charge in [0.05, 0.1) is 0 Å². The fraction of sp³-hybridized carbons (Fsp3) is 0.400. The number of rotatable bonds is 3. The summed E-state index contributed by atoms with van der Waals surface area (Å²) >= 11 is 0. The molecule has 4 amide bonds. The molecule has 112 valence electrons. The highest BCUT2D eigenvalue weighted by molar-refractivity contribution is 6.03. The number of carbonyl (C=O) groups is 3. The molecule has 6 nitrogen and oxygen atoms in total. The SMILES string of the molecule is Cc1ccc(NC(=O)N2CCCC[C@H](NC=O)C2=O)cc1. The van der Waals surface area contributed by atoms with Crippen molar-refractivity contribution in [3.05, 3.63) is 29.8 Å². The van der Waals surface area contributed by atoms with Gasteiger partial charge in [-0.1, -0.05) is 17.7 Å². The molecule has 0 radical (unpaired) electrons. The molecule has 1 aliphatic rings. The number of likely N-dealkylation sites (tertiary alicyclic amines) is 1. The molecule has 1 aromatic rings. The lowest BCUT2D eigenvalue weighted by Gasteiger charge is -2.22. The van der Waals surface area contributed by atoms with Gasteiger partial charge in [0, 0.05) is 12.2 Å². The predicted octanol–water partition coefficient (Wildman–Crippen LogP) is 1.65. The summed E-state index contributed by atoms with van der Waals surface area (Å²) in [6, 6.07) is 6.28. The molecule has 21 heavy (non-hydrogen) atoms. The summed E-state index contributed by atoms with van der Waals surface area (Å²) < 4.78 is 0. The Balaban J connectivity index is 2.07. The summed E-state index contributed by atoms with van der Waals surface area (Å²) in [4.78, 5) is 36.2. The molecule has 0 saturated carbocycles. The highest BCUT2D eigenvalue weighted by atomic mass is 16.2. The van der Waals surface area contributed by atoms with Crippen LogP contribution in [0.5, 0.6) is 0 Å². The Morgan fingerprint density at radius 1 is 1.29 bits per heavy atom. The normalized spacial score (nSPS) is 18.8. The van der Waals surface area contributed by atoms with Gasteiger partial charge in [-0.3, -0.25) is 14.5 Å². The van der Waals surface area contributed by atoms with E-state index in [1.807, 2.05) is 19.1 Å². The van der Waals surface area contributed by atoms with E-state index in [1.165, 1.54) is 4.90 Å². The molecule has 0 unspecified atom stereocenters. The van der Waals surface area contributed by atoms with Crippen molar-refractivity contribution in [1.29, 1.82) is 0 Å². The van der Waals surface area contributed by atoms with Gasteiger partial charge in [0.25, 0.3) is 5.91 Å². The zero-order valence-electron chi connectivity index (χ0n) is 12.0. The summed E-state index contributed by atoms with van der Waals surface area (Å²) in [5.74, 6) is -0.357. The zero-order valence-corrected chi connectivity index (χ0v) is 12.0. The van der Waals surface area contributed by atoms with Gasteiger partial charge in [0.2, 0.25) is 6.41 Å². The van der Waals surface area contributed by atoms with Crippen LogP contribution in [0.2, 0.25) is 0 Å². The molecule has 0 aliphatic carbocycles. The second-order valence-corrected chi connectivity index (χ2v) is 5.12. The van der Waals surface area contributed by atoms with E-state index in [4.69, 9.17) is 0 Å². The number of hydrogen-bond acceptors (Lipinski definition) is 3. The minimum atomic E-state index is -0.617. The molecule has 0 spiro atoms. The number of nitrogens with one attached hydrogen (secondary N) is 2. The van der Waals surface area contributed by atoms with E-state index in [-0.39, 0.29) is 5.91 Å². The Labute approximate surface area is 123 Å². The summed E-state index contributed by atoms with van der Waals surface area (Å²) in [6.07, 6.45) is 2.60. The lowest BCUT2D eigenvalue weighted by Crippen LogP contribution is -2.48. The largest absolute Gasteiger partial charge is 0.347 e. The van der Waals surface area contributed by atoms with Crippen LogP contribution in [0, 0.1) is 6.92 Å². The summed E-state index contributed by atoms with van der Waals surface area (Å²) in [5.41, 5.74) is 1.73. The molecule has 1 aromatic carbocycles. The molecule has 2 N–H and O–H groups in total. The molecule has 1 heterocycles. The molecule has 1 fully saturated rings. The van der Waals surface area contributed by atoms with Crippen molar-refractivity contribution < 1.29 is 14.4 Å². The molecule has 1 saturated heterocycles. The molecule has 2 rings (SSSR count). The van der Waals surface area contributed by atoms with E-state index in [0.717, 1.165) is 18.4 Å². The van der Waals surface area contributed by atoms with Crippen molar-refractivity contribution in [3.63, 3.8) is 0 Å². The molecular weight excluding hydrogens is 270 g/mol. The van der Waals surface area contributed by atoms with Crippen molar-refractivity contribution in [3.8, 4) is 0 Å². The van der Waals surface area contributed by atoms with E-state index in [9.17, 15) is 14.4 Å². The van der Waals surface area contributed by atoms with Crippen LogP contribution in [0.3, 0.4) is 0 Å². The van der Waals surface area contributed by atoms with Gasteiger partial charge in [-0.2, -0.15) is 0 Å². The second kappa shape index (κ2) is 6.88. The Kier molecular flexibility index (Phi) is 4.92. The summed E-state index contributed by atoms with van der Waals surface area (Å²) in [5, 5.41) is 5.19. The average Bonchev–Trinajstić information content (AvgIpc) is 2.65. The van der Waals surface area contributed by atoms with Crippen molar-refractivity contribution in [2.75, 3.05) is 11.9 Å². The van der Waals surface area contributed by atoms with Crippen molar-refractivity contribution in [2.45, 2.75) is 32.2 Å². The maximum Gasteiger partial charge on any atom is 0.328 e. The van der Waals surface area contributed by atoms with Crippen LogP contribution in [-0.2, 0) is 9.59 Å². The van der Waals surface area contributed by atoms with Gasteiger partial charge in [0.15, 0.2) is 0 Å². The topological polar surface area (TPSA) is 78.5 Å². The van der Waals surface area contributed by atoms with E-state index in [0.29, 0.717) is 25.1 Å². The second-order valence-electron chi connectivity index (χ2n) is 5.12. The van der Waals surface area contributed by atoms with E-state index in [1.54, 1.807) is 12.1 Å².